The van der Waals surface area contributed by atoms with E-state index in [1.54, 1.807) is 20.8 Å². The van der Waals surface area contributed by atoms with Gasteiger partial charge in [0.15, 0.2) is 0 Å². The van der Waals surface area contributed by atoms with Gasteiger partial charge in [0.25, 0.3) is 0 Å². The molecule has 1 aromatic heterocycles. The fraction of sp³-hybridized carbons (Fsp3) is 0.500. The predicted octanol–water partition coefficient (Wildman–Crippen LogP) is 0.275. The van der Waals surface area contributed by atoms with E-state index in [4.69, 9.17) is 11.5 Å². The molecule has 20 heavy (non-hydrogen) atoms. The highest BCUT2D eigenvalue weighted by atomic mass is 32.2. The summed E-state index contributed by atoms with van der Waals surface area (Å²) in [5, 5.41) is 12.7. The zero-order valence-electron chi connectivity index (χ0n) is 11.5. The monoisotopic (exact) mass is 299 g/mol. The molecule has 1 rings (SSSR count). The quantitative estimate of drug-likeness (QED) is 0.734. The van der Waals surface area contributed by atoms with Crippen LogP contribution in [-0.2, 0) is 21.4 Å². The molecule has 0 spiro atoms. The van der Waals surface area contributed by atoms with E-state index < -0.39 is 22.0 Å². The summed E-state index contributed by atoms with van der Waals surface area (Å²) in [6.07, 6.45) is 5.03. The van der Waals surface area contributed by atoms with Crippen molar-refractivity contribution in [2.24, 2.45) is 0 Å². The van der Waals surface area contributed by atoms with Crippen LogP contribution in [-0.4, -0.2) is 35.3 Å². The van der Waals surface area contributed by atoms with E-state index in [1.807, 2.05) is 0 Å². The number of hydrogen-bond donors (Lipinski definition) is 2. The van der Waals surface area contributed by atoms with E-state index in [1.165, 1.54) is 4.68 Å². The van der Waals surface area contributed by atoms with Crippen molar-refractivity contribution in [2.75, 3.05) is 0 Å². The van der Waals surface area contributed by atoms with Gasteiger partial charge in [-0.25, -0.2) is 8.42 Å². The molecular weight excluding hydrogens is 282 g/mol. The minimum absolute atomic E-state index is 0.0463. The average Bonchev–Trinajstić information content (AvgIpc) is 2.61. The van der Waals surface area contributed by atoms with Crippen LogP contribution in [0.25, 0.3) is 0 Å². The zero-order chi connectivity index (χ0) is 15.5. The standard InChI is InChI=1S/C12H17N3O4S/c1-5-8(2)14-20(18,19)12-9(3)13-15(10(12)4)7-6-11(16)17/h1,8,14H,6-7H2,2-4H3,(H,16,17). The number of sulfonamides is 1. The summed E-state index contributed by atoms with van der Waals surface area (Å²) in [4.78, 5) is 10.6. The maximum Gasteiger partial charge on any atom is 0.305 e. The molecule has 7 nitrogen and oxygen atoms in total. The summed E-state index contributed by atoms with van der Waals surface area (Å²) >= 11 is 0. The Morgan fingerprint density at radius 2 is 2.15 bits per heavy atom. The lowest BCUT2D eigenvalue weighted by Crippen LogP contribution is -2.32. The first-order valence-electron chi connectivity index (χ1n) is 5.93. The molecule has 2 N–H and O–H groups in total. The van der Waals surface area contributed by atoms with Crippen LogP contribution in [0, 0.1) is 26.2 Å². The lowest BCUT2D eigenvalue weighted by atomic mass is 10.4. The molecule has 0 amide bonds. The van der Waals surface area contributed by atoms with Crippen LogP contribution in [0.4, 0.5) is 0 Å². The van der Waals surface area contributed by atoms with Crippen LogP contribution >= 0.6 is 0 Å². The number of nitrogens with one attached hydrogen (secondary N) is 1. The highest BCUT2D eigenvalue weighted by Crippen LogP contribution is 2.19. The summed E-state index contributed by atoms with van der Waals surface area (Å²) in [6, 6.07) is -0.638. The van der Waals surface area contributed by atoms with Gasteiger partial charge in [0.1, 0.15) is 4.90 Å². The van der Waals surface area contributed by atoms with E-state index in [0.29, 0.717) is 11.4 Å². The van der Waals surface area contributed by atoms with Crippen molar-refractivity contribution in [3.63, 3.8) is 0 Å². The van der Waals surface area contributed by atoms with E-state index in [2.05, 4.69) is 15.7 Å². The van der Waals surface area contributed by atoms with E-state index in [-0.39, 0.29) is 17.9 Å². The summed E-state index contributed by atoms with van der Waals surface area (Å²) in [7, 11) is -3.77. The summed E-state index contributed by atoms with van der Waals surface area (Å²) < 4.78 is 28.2. The molecule has 1 unspecified atom stereocenters. The first-order chi connectivity index (χ1) is 9.19. The summed E-state index contributed by atoms with van der Waals surface area (Å²) in [6.45, 7) is 4.80. The highest BCUT2D eigenvalue weighted by molar-refractivity contribution is 7.89. The molecule has 0 aliphatic rings. The van der Waals surface area contributed by atoms with Crippen molar-refractivity contribution < 1.29 is 18.3 Å². The first-order valence-corrected chi connectivity index (χ1v) is 7.41. The molecule has 8 heteroatoms. The zero-order valence-corrected chi connectivity index (χ0v) is 12.4. The third kappa shape index (κ3) is 3.59. The first kappa shape index (κ1) is 16.2. The third-order valence-corrected chi connectivity index (χ3v) is 4.50. The van der Waals surface area contributed by atoms with Gasteiger partial charge < -0.3 is 5.11 Å². The molecule has 0 radical (unpaired) electrons. The van der Waals surface area contributed by atoms with Crippen molar-refractivity contribution in [1.29, 1.82) is 0 Å². The maximum absolute atomic E-state index is 12.2. The van der Waals surface area contributed by atoms with Crippen molar-refractivity contribution in [3.8, 4) is 12.3 Å². The third-order valence-electron chi connectivity index (χ3n) is 2.70. The topological polar surface area (TPSA) is 101 Å². The largest absolute Gasteiger partial charge is 0.481 e. The molecule has 0 aliphatic heterocycles. The molecule has 0 saturated carbocycles. The Balaban J connectivity index is 3.14. The van der Waals surface area contributed by atoms with Crippen LogP contribution in [0.1, 0.15) is 24.7 Å². The number of terminal acetylenes is 1. The van der Waals surface area contributed by atoms with Gasteiger partial charge in [-0.1, -0.05) is 5.92 Å². The highest BCUT2D eigenvalue weighted by Gasteiger charge is 2.25. The van der Waals surface area contributed by atoms with Gasteiger partial charge in [-0.15, -0.1) is 6.42 Å². The van der Waals surface area contributed by atoms with Gasteiger partial charge in [-0.3, -0.25) is 9.48 Å². The Kier molecular flexibility index (Phi) is 4.92. The number of nitrogens with zero attached hydrogens (tertiary/aromatic N) is 2. The summed E-state index contributed by atoms with van der Waals surface area (Å²) in [5.41, 5.74) is 0.699. The van der Waals surface area contributed by atoms with Gasteiger partial charge in [-0.2, -0.15) is 9.82 Å². The summed E-state index contributed by atoms with van der Waals surface area (Å²) in [5.74, 6) is 1.31. The van der Waals surface area contributed by atoms with Crippen LogP contribution in [0.2, 0.25) is 0 Å². The minimum Gasteiger partial charge on any atom is -0.481 e. The number of carboxylic acid groups (broad SMARTS) is 1. The number of rotatable bonds is 6. The normalized spacial score (nSPS) is 12.9. The van der Waals surface area contributed by atoms with E-state index in [9.17, 15) is 13.2 Å². The minimum atomic E-state index is -3.77. The molecule has 0 aromatic carbocycles. The Morgan fingerprint density at radius 1 is 1.55 bits per heavy atom. The fourth-order valence-corrected chi connectivity index (χ4v) is 3.39. The average molecular weight is 299 g/mol. The molecule has 1 atom stereocenters. The van der Waals surface area contributed by atoms with Crippen molar-refractivity contribution >= 4 is 16.0 Å². The van der Waals surface area contributed by atoms with Gasteiger partial charge in [0, 0.05) is 0 Å². The molecule has 1 aromatic rings. The SMILES string of the molecule is C#CC(C)NS(=O)(=O)c1c(C)nn(CCC(=O)O)c1C. The van der Waals surface area contributed by atoms with Crippen molar-refractivity contribution in [3.05, 3.63) is 11.4 Å². The fourth-order valence-electron chi connectivity index (χ4n) is 1.81. The predicted molar refractivity (Wildman–Crippen MR) is 72.6 cm³/mol. The molecule has 1 heterocycles. The van der Waals surface area contributed by atoms with E-state index in [0.717, 1.165) is 0 Å². The molecule has 0 aliphatic carbocycles. The lowest BCUT2D eigenvalue weighted by Gasteiger charge is -2.09. The van der Waals surface area contributed by atoms with Crippen molar-refractivity contribution in [2.45, 2.75) is 44.7 Å². The van der Waals surface area contributed by atoms with Crippen LogP contribution in [0.5, 0.6) is 0 Å². The number of hydrogen-bond acceptors (Lipinski definition) is 4. The Bertz CT molecular complexity index is 655. The van der Waals surface area contributed by atoms with Gasteiger partial charge in [0.2, 0.25) is 10.0 Å². The number of aliphatic carboxylic acids is 1. The lowest BCUT2D eigenvalue weighted by molar-refractivity contribution is -0.137. The van der Waals surface area contributed by atoms with Crippen LogP contribution in [0.15, 0.2) is 4.90 Å². The second-order valence-electron chi connectivity index (χ2n) is 4.38. The van der Waals surface area contributed by atoms with Gasteiger partial charge in [-0.05, 0) is 20.8 Å². The second kappa shape index (κ2) is 6.07. The number of aromatic nitrogens is 2. The van der Waals surface area contributed by atoms with Crippen molar-refractivity contribution in [1.82, 2.24) is 14.5 Å². The van der Waals surface area contributed by atoms with Gasteiger partial charge >= 0.3 is 5.97 Å². The number of carboxylic acids is 1. The molecule has 0 bridgehead atoms. The molecule has 0 saturated heterocycles. The molecule has 110 valence electrons. The number of carbonyl (C=O) groups is 1. The Labute approximate surface area is 118 Å². The van der Waals surface area contributed by atoms with Gasteiger partial charge in [0.05, 0.1) is 30.4 Å². The maximum atomic E-state index is 12.2. The van der Waals surface area contributed by atoms with Crippen LogP contribution in [0.3, 0.4) is 0 Å². The molecular formula is C12H17N3O4S. The Hall–Kier alpha value is -1.85. The number of aryl methyl sites for hydroxylation is 2. The van der Waals surface area contributed by atoms with Crippen LogP contribution < -0.4 is 4.72 Å². The smallest absolute Gasteiger partial charge is 0.305 e. The second-order valence-corrected chi connectivity index (χ2v) is 6.03. The van der Waals surface area contributed by atoms with E-state index >= 15 is 0 Å². The molecule has 0 fully saturated rings. The Morgan fingerprint density at radius 3 is 2.65 bits per heavy atom.